The highest BCUT2D eigenvalue weighted by Crippen LogP contribution is 2.36. The molecule has 2 N–H and O–H groups in total. The van der Waals surface area contributed by atoms with E-state index in [0.717, 1.165) is 10.2 Å². The number of pyridine rings is 2. The van der Waals surface area contributed by atoms with E-state index in [4.69, 9.17) is 4.74 Å². The standard InChI is InChI=1S/C19H24BrN3O3/c1-18(2,3)26-17(25)23-13-6-7-14(22-11-13)16(24)19(4,5)15-10-12(20)8-9-21-15/h6-11,16,24H,1-5H3,(H,23,25). The highest BCUT2D eigenvalue weighted by Gasteiger charge is 2.33. The molecular weight excluding hydrogens is 398 g/mol. The molecular formula is C19H24BrN3O3. The van der Waals surface area contributed by atoms with Gasteiger partial charge >= 0.3 is 6.09 Å². The summed E-state index contributed by atoms with van der Waals surface area (Å²) in [6.45, 7) is 9.19. The minimum absolute atomic E-state index is 0.492. The Morgan fingerprint density at radius 3 is 2.42 bits per heavy atom. The SMILES string of the molecule is CC(C)(C)OC(=O)Nc1ccc(C(O)C(C)(C)c2cc(Br)ccn2)nc1. The molecule has 0 aliphatic rings. The zero-order chi connectivity index (χ0) is 19.5. The van der Waals surface area contributed by atoms with Gasteiger partial charge in [-0.1, -0.05) is 29.8 Å². The molecule has 0 fully saturated rings. The number of carbonyl (C=O) groups excluding carboxylic acids is 1. The number of anilines is 1. The van der Waals surface area contributed by atoms with Crippen LogP contribution in [0.1, 0.15) is 52.1 Å². The maximum atomic E-state index is 11.8. The molecule has 0 spiro atoms. The number of rotatable bonds is 4. The van der Waals surface area contributed by atoms with Crippen molar-refractivity contribution in [3.05, 3.63) is 52.5 Å². The first-order valence-electron chi connectivity index (χ1n) is 8.25. The second-order valence-corrected chi connectivity index (χ2v) is 8.50. The molecule has 2 heterocycles. The monoisotopic (exact) mass is 421 g/mol. The van der Waals surface area contributed by atoms with Crippen molar-refractivity contribution in [2.75, 3.05) is 5.32 Å². The van der Waals surface area contributed by atoms with Gasteiger partial charge in [-0.05, 0) is 45.0 Å². The molecule has 0 aromatic carbocycles. The van der Waals surface area contributed by atoms with Gasteiger partial charge in [0.15, 0.2) is 0 Å². The predicted molar refractivity (Wildman–Crippen MR) is 104 cm³/mol. The maximum Gasteiger partial charge on any atom is 0.412 e. The lowest BCUT2D eigenvalue weighted by Crippen LogP contribution is -2.29. The van der Waals surface area contributed by atoms with Gasteiger partial charge in [-0.25, -0.2) is 4.79 Å². The zero-order valence-corrected chi connectivity index (χ0v) is 17.2. The van der Waals surface area contributed by atoms with Crippen LogP contribution in [0.3, 0.4) is 0 Å². The number of nitrogens with one attached hydrogen (secondary N) is 1. The van der Waals surface area contributed by atoms with E-state index >= 15 is 0 Å². The Hall–Kier alpha value is -1.99. The number of aliphatic hydroxyl groups is 1. The van der Waals surface area contributed by atoms with Crippen LogP contribution < -0.4 is 5.32 Å². The highest BCUT2D eigenvalue weighted by atomic mass is 79.9. The molecule has 2 rings (SSSR count). The van der Waals surface area contributed by atoms with Crippen molar-refractivity contribution in [3.8, 4) is 0 Å². The lowest BCUT2D eigenvalue weighted by Gasteiger charge is -2.29. The fraction of sp³-hybridized carbons (Fsp3) is 0.421. The van der Waals surface area contributed by atoms with Crippen LogP contribution >= 0.6 is 15.9 Å². The molecule has 0 aliphatic carbocycles. The molecule has 7 heteroatoms. The summed E-state index contributed by atoms with van der Waals surface area (Å²) >= 11 is 3.42. The summed E-state index contributed by atoms with van der Waals surface area (Å²) in [5.74, 6) is 0. The van der Waals surface area contributed by atoms with Crippen molar-refractivity contribution in [3.63, 3.8) is 0 Å². The Morgan fingerprint density at radius 2 is 1.88 bits per heavy atom. The predicted octanol–water partition coefficient (Wildman–Crippen LogP) is 4.60. The third-order valence-corrected chi connectivity index (χ3v) is 4.27. The van der Waals surface area contributed by atoms with Crippen molar-refractivity contribution in [1.82, 2.24) is 9.97 Å². The summed E-state index contributed by atoms with van der Waals surface area (Å²) in [6.07, 6.45) is 1.77. The Labute approximate surface area is 162 Å². The van der Waals surface area contributed by atoms with E-state index in [9.17, 15) is 9.90 Å². The molecule has 1 unspecified atom stereocenters. The Bertz CT molecular complexity index is 770. The van der Waals surface area contributed by atoms with E-state index in [0.29, 0.717) is 11.4 Å². The number of amides is 1. The molecule has 0 aliphatic heterocycles. The lowest BCUT2D eigenvalue weighted by molar-refractivity contribution is 0.0636. The molecule has 0 radical (unpaired) electrons. The van der Waals surface area contributed by atoms with Gasteiger partial charge in [0.05, 0.1) is 23.3 Å². The van der Waals surface area contributed by atoms with E-state index in [2.05, 4.69) is 31.2 Å². The fourth-order valence-electron chi connectivity index (χ4n) is 2.33. The van der Waals surface area contributed by atoms with E-state index in [1.807, 2.05) is 26.0 Å². The summed E-state index contributed by atoms with van der Waals surface area (Å²) in [5.41, 5.74) is 0.517. The number of aromatic nitrogens is 2. The molecule has 0 bridgehead atoms. The van der Waals surface area contributed by atoms with Gasteiger partial charge in [0.2, 0.25) is 0 Å². The van der Waals surface area contributed by atoms with Crippen LogP contribution in [0.15, 0.2) is 41.1 Å². The summed E-state index contributed by atoms with van der Waals surface area (Å²) in [5, 5.41) is 13.4. The Kier molecular flexibility index (Phi) is 6.03. The number of nitrogens with zero attached hydrogens (tertiary/aromatic N) is 2. The van der Waals surface area contributed by atoms with Crippen LogP contribution in [0.25, 0.3) is 0 Å². The van der Waals surface area contributed by atoms with Crippen LogP contribution in [-0.4, -0.2) is 26.8 Å². The first-order valence-corrected chi connectivity index (χ1v) is 9.04. The summed E-state index contributed by atoms with van der Waals surface area (Å²) in [6, 6.07) is 7.07. The third kappa shape index (κ3) is 5.25. The van der Waals surface area contributed by atoms with Crippen LogP contribution in [0, 0.1) is 0 Å². The van der Waals surface area contributed by atoms with Crippen molar-refractivity contribution in [2.45, 2.75) is 51.7 Å². The molecule has 2 aromatic heterocycles. The minimum atomic E-state index is -0.861. The highest BCUT2D eigenvalue weighted by molar-refractivity contribution is 9.10. The van der Waals surface area contributed by atoms with Crippen molar-refractivity contribution in [2.24, 2.45) is 0 Å². The molecule has 2 aromatic rings. The lowest BCUT2D eigenvalue weighted by atomic mass is 9.81. The number of hydrogen-bond acceptors (Lipinski definition) is 5. The quantitative estimate of drug-likeness (QED) is 0.753. The second-order valence-electron chi connectivity index (χ2n) is 7.58. The molecule has 26 heavy (non-hydrogen) atoms. The van der Waals surface area contributed by atoms with Gasteiger partial charge in [-0.15, -0.1) is 0 Å². The van der Waals surface area contributed by atoms with Gasteiger partial charge in [-0.3, -0.25) is 15.3 Å². The average molecular weight is 422 g/mol. The molecule has 140 valence electrons. The van der Waals surface area contributed by atoms with Crippen molar-refractivity contribution >= 4 is 27.7 Å². The van der Waals surface area contributed by atoms with Crippen LogP contribution in [0.4, 0.5) is 10.5 Å². The van der Waals surface area contributed by atoms with Crippen molar-refractivity contribution < 1.29 is 14.6 Å². The Morgan fingerprint density at radius 1 is 1.19 bits per heavy atom. The normalized spacial score (nSPS) is 13.2. The number of carbonyl (C=O) groups is 1. The summed E-state index contributed by atoms with van der Waals surface area (Å²) < 4.78 is 6.10. The largest absolute Gasteiger partial charge is 0.444 e. The van der Waals surface area contributed by atoms with Gasteiger partial charge in [-0.2, -0.15) is 0 Å². The topological polar surface area (TPSA) is 84.3 Å². The number of aliphatic hydroxyl groups excluding tert-OH is 1. The van der Waals surface area contributed by atoms with Gasteiger partial charge < -0.3 is 9.84 Å². The van der Waals surface area contributed by atoms with Crippen molar-refractivity contribution in [1.29, 1.82) is 0 Å². The molecule has 0 saturated heterocycles. The Balaban J connectivity index is 2.13. The van der Waals surface area contributed by atoms with Gasteiger partial charge in [0.25, 0.3) is 0 Å². The first-order chi connectivity index (χ1) is 12.0. The fourth-order valence-corrected chi connectivity index (χ4v) is 2.66. The second kappa shape index (κ2) is 7.72. The van der Waals surface area contributed by atoms with Crippen LogP contribution in [0.5, 0.6) is 0 Å². The summed E-state index contributed by atoms with van der Waals surface area (Å²) in [4.78, 5) is 20.4. The smallest absolute Gasteiger partial charge is 0.412 e. The van der Waals surface area contributed by atoms with Crippen LogP contribution in [0.2, 0.25) is 0 Å². The molecule has 0 saturated carbocycles. The number of ether oxygens (including phenoxy) is 1. The summed E-state index contributed by atoms with van der Waals surface area (Å²) in [7, 11) is 0. The zero-order valence-electron chi connectivity index (χ0n) is 15.6. The number of halogens is 1. The molecule has 1 amide bonds. The molecule has 1 atom stereocenters. The average Bonchev–Trinajstić information content (AvgIpc) is 2.53. The molecule has 6 nitrogen and oxygen atoms in total. The third-order valence-electron chi connectivity index (χ3n) is 3.78. The maximum absolute atomic E-state index is 11.8. The minimum Gasteiger partial charge on any atom is -0.444 e. The van der Waals surface area contributed by atoms with Crippen LogP contribution in [-0.2, 0) is 10.2 Å². The van der Waals surface area contributed by atoms with E-state index in [-0.39, 0.29) is 0 Å². The van der Waals surface area contributed by atoms with E-state index < -0.39 is 23.2 Å². The first kappa shape index (κ1) is 20.3. The van der Waals surface area contributed by atoms with Gasteiger partial charge in [0.1, 0.15) is 11.7 Å². The van der Waals surface area contributed by atoms with E-state index in [1.165, 1.54) is 6.20 Å². The number of hydrogen-bond donors (Lipinski definition) is 2. The van der Waals surface area contributed by atoms with Gasteiger partial charge in [0, 0.05) is 16.1 Å². The van der Waals surface area contributed by atoms with E-state index in [1.54, 1.807) is 39.1 Å².